The van der Waals surface area contributed by atoms with Crippen LogP contribution in [0.2, 0.25) is 0 Å². The SMILES string of the molecule is CCOc1ccccc1-n1nnnc1SCC(=O)Nc1nc(C)cs1. The smallest absolute Gasteiger partial charge is 0.236 e. The van der Waals surface area contributed by atoms with Gasteiger partial charge in [0.2, 0.25) is 11.1 Å². The second-order valence-corrected chi connectivity index (χ2v) is 6.71. The van der Waals surface area contributed by atoms with Gasteiger partial charge in [0, 0.05) is 5.38 Å². The number of rotatable bonds is 7. The van der Waals surface area contributed by atoms with Crippen molar-refractivity contribution in [1.29, 1.82) is 0 Å². The number of tetrazole rings is 1. The number of aryl methyl sites for hydroxylation is 1. The lowest BCUT2D eigenvalue weighted by Gasteiger charge is -2.10. The van der Waals surface area contributed by atoms with Gasteiger partial charge in [0.25, 0.3) is 0 Å². The number of aromatic nitrogens is 5. The normalized spacial score (nSPS) is 10.6. The maximum Gasteiger partial charge on any atom is 0.236 e. The van der Waals surface area contributed by atoms with E-state index in [-0.39, 0.29) is 11.7 Å². The van der Waals surface area contributed by atoms with Gasteiger partial charge >= 0.3 is 0 Å². The second kappa shape index (κ2) is 8.08. The molecule has 0 unspecified atom stereocenters. The number of carbonyl (C=O) groups excluding carboxylic acids is 1. The zero-order valence-electron chi connectivity index (χ0n) is 13.7. The molecule has 0 fully saturated rings. The number of carbonyl (C=O) groups is 1. The minimum atomic E-state index is -0.160. The van der Waals surface area contributed by atoms with Gasteiger partial charge in [-0.3, -0.25) is 4.79 Å². The molecule has 2 heterocycles. The van der Waals surface area contributed by atoms with Crippen molar-refractivity contribution in [3.63, 3.8) is 0 Å². The Hall–Kier alpha value is -2.46. The predicted octanol–water partition coefficient (Wildman–Crippen LogP) is 2.56. The number of anilines is 1. The Morgan fingerprint density at radius 2 is 2.24 bits per heavy atom. The Kier molecular flexibility index (Phi) is 5.61. The van der Waals surface area contributed by atoms with Crippen LogP contribution < -0.4 is 10.1 Å². The highest BCUT2D eigenvalue weighted by Crippen LogP contribution is 2.26. The van der Waals surface area contributed by atoms with E-state index in [2.05, 4.69) is 25.8 Å². The molecule has 10 heteroatoms. The first-order chi connectivity index (χ1) is 12.2. The summed E-state index contributed by atoms with van der Waals surface area (Å²) in [6.07, 6.45) is 0. The van der Waals surface area contributed by atoms with E-state index in [1.807, 2.05) is 43.5 Å². The number of para-hydroxylation sites is 2. The molecule has 0 radical (unpaired) electrons. The predicted molar refractivity (Wildman–Crippen MR) is 96.5 cm³/mol. The molecule has 0 aliphatic rings. The third-order valence-electron chi connectivity index (χ3n) is 3.03. The van der Waals surface area contributed by atoms with E-state index in [1.165, 1.54) is 23.1 Å². The van der Waals surface area contributed by atoms with Crippen molar-refractivity contribution in [2.45, 2.75) is 19.0 Å². The molecule has 0 bridgehead atoms. The number of nitrogens with one attached hydrogen (secondary N) is 1. The van der Waals surface area contributed by atoms with Crippen LogP contribution in [0.5, 0.6) is 5.75 Å². The first-order valence-corrected chi connectivity index (χ1v) is 9.39. The average molecular weight is 376 g/mol. The number of amides is 1. The van der Waals surface area contributed by atoms with E-state index in [0.29, 0.717) is 22.6 Å². The van der Waals surface area contributed by atoms with Crippen LogP contribution in [0.25, 0.3) is 5.69 Å². The van der Waals surface area contributed by atoms with Crippen LogP contribution in [0.1, 0.15) is 12.6 Å². The van der Waals surface area contributed by atoms with Crippen molar-refractivity contribution in [3.05, 3.63) is 35.3 Å². The van der Waals surface area contributed by atoms with Gasteiger partial charge in [-0.15, -0.1) is 16.4 Å². The van der Waals surface area contributed by atoms with E-state index in [0.717, 1.165) is 11.4 Å². The zero-order chi connectivity index (χ0) is 17.6. The van der Waals surface area contributed by atoms with E-state index in [4.69, 9.17) is 4.74 Å². The Bertz CT molecular complexity index is 863. The molecule has 0 saturated heterocycles. The molecule has 0 saturated carbocycles. The first kappa shape index (κ1) is 17.4. The minimum absolute atomic E-state index is 0.160. The van der Waals surface area contributed by atoms with Gasteiger partial charge in [-0.05, 0) is 36.4 Å². The monoisotopic (exact) mass is 376 g/mol. The number of hydrogen-bond donors (Lipinski definition) is 1. The van der Waals surface area contributed by atoms with Crippen molar-refractivity contribution in [1.82, 2.24) is 25.2 Å². The topological polar surface area (TPSA) is 94.8 Å². The lowest BCUT2D eigenvalue weighted by atomic mass is 10.3. The van der Waals surface area contributed by atoms with Gasteiger partial charge in [-0.25, -0.2) is 4.98 Å². The number of thiazole rings is 1. The summed E-state index contributed by atoms with van der Waals surface area (Å²) in [5.41, 5.74) is 1.61. The average Bonchev–Trinajstić information content (AvgIpc) is 3.23. The van der Waals surface area contributed by atoms with Crippen molar-refractivity contribution in [2.24, 2.45) is 0 Å². The highest BCUT2D eigenvalue weighted by molar-refractivity contribution is 7.99. The minimum Gasteiger partial charge on any atom is -0.492 e. The number of thioether (sulfide) groups is 1. The first-order valence-electron chi connectivity index (χ1n) is 7.52. The highest BCUT2D eigenvalue weighted by Gasteiger charge is 2.15. The van der Waals surface area contributed by atoms with Crippen molar-refractivity contribution in [3.8, 4) is 11.4 Å². The van der Waals surface area contributed by atoms with Crippen LogP contribution in [0.15, 0.2) is 34.8 Å². The third kappa shape index (κ3) is 4.34. The Balaban J connectivity index is 1.69. The van der Waals surface area contributed by atoms with Crippen molar-refractivity contribution in [2.75, 3.05) is 17.7 Å². The number of nitrogens with zero attached hydrogens (tertiary/aromatic N) is 5. The summed E-state index contributed by atoms with van der Waals surface area (Å²) < 4.78 is 7.18. The van der Waals surface area contributed by atoms with E-state index in [9.17, 15) is 4.79 Å². The molecule has 0 spiro atoms. The Morgan fingerprint density at radius 3 is 3.00 bits per heavy atom. The number of benzene rings is 1. The number of ether oxygens (including phenoxy) is 1. The Morgan fingerprint density at radius 1 is 1.40 bits per heavy atom. The Labute approximate surface area is 152 Å². The van der Waals surface area contributed by atoms with E-state index < -0.39 is 0 Å². The highest BCUT2D eigenvalue weighted by atomic mass is 32.2. The van der Waals surface area contributed by atoms with Gasteiger partial charge in [0.1, 0.15) is 11.4 Å². The molecule has 2 aromatic heterocycles. The van der Waals surface area contributed by atoms with Gasteiger partial charge in [-0.2, -0.15) is 4.68 Å². The van der Waals surface area contributed by atoms with Crippen LogP contribution in [0.4, 0.5) is 5.13 Å². The molecule has 25 heavy (non-hydrogen) atoms. The van der Waals surface area contributed by atoms with Crippen LogP contribution in [0.3, 0.4) is 0 Å². The van der Waals surface area contributed by atoms with Crippen LogP contribution in [-0.2, 0) is 4.79 Å². The fourth-order valence-electron chi connectivity index (χ4n) is 2.03. The molecule has 1 aromatic carbocycles. The van der Waals surface area contributed by atoms with Gasteiger partial charge in [0.15, 0.2) is 5.13 Å². The summed E-state index contributed by atoms with van der Waals surface area (Å²) in [4.78, 5) is 16.3. The maximum absolute atomic E-state index is 12.1. The van der Waals surface area contributed by atoms with Crippen molar-refractivity contribution < 1.29 is 9.53 Å². The molecule has 0 aliphatic heterocycles. The van der Waals surface area contributed by atoms with E-state index >= 15 is 0 Å². The summed E-state index contributed by atoms with van der Waals surface area (Å²) in [6, 6.07) is 7.48. The van der Waals surface area contributed by atoms with Crippen LogP contribution in [-0.4, -0.2) is 43.5 Å². The molecule has 0 aliphatic carbocycles. The third-order valence-corrected chi connectivity index (χ3v) is 4.83. The summed E-state index contributed by atoms with van der Waals surface area (Å²) in [7, 11) is 0. The largest absolute Gasteiger partial charge is 0.492 e. The fraction of sp³-hybridized carbons (Fsp3) is 0.267. The summed E-state index contributed by atoms with van der Waals surface area (Å²) >= 11 is 2.64. The second-order valence-electron chi connectivity index (χ2n) is 4.90. The summed E-state index contributed by atoms with van der Waals surface area (Å²) in [6.45, 7) is 4.33. The fourth-order valence-corrected chi connectivity index (χ4v) is 3.41. The molecule has 1 amide bonds. The maximum atomic E-state index is 12.1. The molecule has 1 N–H and O–H groups in total. The zero-order valence-corrected chi connectivity index (χ0v) is 15.3. The molecule has 0 atom stereocenters. The molecular formula is C15H16N6O2S2. The molecule has 130 valence electrons. The van der Waals surface area contributed by atoms with Gasteiger partial charge in [0.05, 0.1) is 18.1 Å². The molecule has 3 aromatic rings. The van der Waals surface area contributed by atoms with Gasteiger partial charge in [-0.1, -0.05) is 23.9 Å². The summed E-state index contributed by atoms with van der Waals surface area (Å²) in [5, 5.41) is 17.5. The molecule has 8 nitrogen and oxygen atoms in total. The van der Waals surface area contributed by atoms with Gasteiger partial charge < -0.3 is 10.1 Å². The van der Waals surface area contributed by atoms with Crippen LogP contribution in [0, 0.1) is 6.92 Å². The molecule has 3 rings (SSSR count). The quantitative estimate of drug-likeness (QED) is 0.633. The lowest BCUT2D eigenvalue weighted by Crippen LogP contribution is -2.14. The van der Waals surface area contributed by atoms with E-state index in [1.54, 1.807) is 4.68 Å². The van der Waals surface area contributed by atoms with Crippen LogP contribution >= 0.6 is 23.1 Å². The number of hydrogen-bond acceptors (Lipinski definition) is 8. The molecular weight excluding hydrogens is 360 g/mol. The summed E-state index contributed by atoms with van der Waals surface area (Å²) in [5.74, 6) is 0.698. The lowest BCUT2D eigenvalue weighted by molar-refractivity contribution is -0.113. The standard InChI is InChI=1S/C15H16N6O2S2/c1-3-23-12-7-5-4-6-11(12)21-15(18-19-20-21)25-9-13(22)17-14-16-10(2)8-24-14/h4-8H,3,9H2,1-2H3,(H,16,17,22). The van der Waals surface area contributed by atoms with Crippen molar-refractivity contribution >= 4 is 34.1 Å².